The van der Waals surface area contributed by atoms with Crippen molar-refractivity contribution in [3.8, 4) is 0 Å². The maximum Gasteiger partial charge on any atom is 0.475 e. The molecule has 2 aromatic rings. The van der Waals surface area contributed by atoms with E-state index in [-0.39, 0.29) is 13.2 Å². The molecule has 2 aliphatic rings. The second-order valence-corrected chi connectivity index (χ2v) is 10.0. The van der Waals surface area contributed by atoms with Crippen LogP contribution in [0, 0.1) is 0 Å². The molecule has 0 radical (unpaired) electrons. The number of amides is 1. The molecule has 12 heteroatoms. The molecule has 1 amide bonds. The Bertz CT molecular complexity index is 1050. The molecule has 3 unspecified atom stereocenters. The van der Waals surface area contributed by atoms with E-state index in [1.807, 2.05) is 6.07 Å². The van der Waals surface area contributed by atoms with E-state index in [1.54, 1.807) is 61.4 Å². The number of hydrogen-bond acceptors (Lipinski definition) is 9. The van der Waals surface area contributed by atoms with Crippen LogP contribution in [0.1, 0.15) is 48.5 Å². The largest absolute Gasteiger partial charge is 0.475 e. The van der Waals surface area contributed by atoms with Gasteiger partial charge in [0.15, 0.2) is 24.3 Å². The number of hydrogen-bond donors (Lipinski definition) is 1. The lowest BCUT2D eigenvalue weighted by Crippen LogP contribution is -2.50. The summed E-state index contributed by atoms with van der Waals surface area (Å²) in [6.45, 7) is 3.59. The molecular formula is C22H29N3O8P+. The van der Waals surface area contributed by atoms with Gasteiger partial charge >= 0.3 is 7.82 Å². The van der Waals surface area contributed by atoms with Crippen LogP contribution in [0.2, 0.25) is 0 Å². The van der Waals surface area contributed by atoms with Crippen LogP contribution < -0.4 is 10.3 Å². The molecule has 0 saturated carbocycles. The third kappa shape index (κ3) is 5.69. The standard InChI is InChI=1S/C22H28N3O8P/c1-22(2)31-19(21(32-22)25-10-5-7-16(13-25)20(23)26)18(28-3)14-30-34(27)29-11-8-17(33-34)15-6-4-9-24-12-15/h4-7,9-10,12-13,17-19,21H,8,11,14H2,1-3H3,(H-,23,26)/p+1/t17?,18?,19-,21-,34?/m1/s1. The molecule has 2 fully saturated rings. The number of nitrogens with zero attached hydrogens (tertiary/aromatic N) is 2. The van der Waals surface area contributed by atoms with Crippen molar-refractivity contribution in [1.82, 2.24) is 4.98 Å². The topological polar surface area (TPSA) is 132 Å². The van der Waals surface area contributed by atoms with Crippen LogP contribution in [0.15, 0.2) is 49.1 Å². The van der Waals surface area contributed by atoms with Gasteiger partial charge in [-0.3, -0.25) is 28.1 Å². The van der Waals surface area contributed by atoms with Gasteiger partial charge in [0.25, 0.3) is 12.1 Å². The van der Waals surface area contributed by atoms with E-state index in [9.17, 15) is 9.36 Å². The highest BCUT2D eigenvalue weighted by atomic mass is 31.2. The number of rotatable bonds is 8. The number of carbonyl (C=O) groups is 1. The minimum absolute atomic E-state index is 0.149. The van der Waals surface area contributed by atoms with Gasteiger partial charge in [0.1, 0.15) is 11.7 Å². The van der Waals surface area contributed by atoms with Crippen molar-refractivity contribution in [2.24, 2.45) is 5.73 Å². The number of nitrogens with two attached hydrogens (primary N) is 1. The summed E-state index contributed by atoms with van der Waals surface area (Å²) in [5.41, 5.74) is 6.53. The number of ether oxygens (including phenoxy) is 3. The normalized spacial score (nSPS) is 29.6. The molecule has 0 spiro atoms. The molecule has 2 N–H and O–H groups in total. The molecule has 34 heavy (non-hydrogen) atoms. The summed E-state index contributed by atoms with van der Waals surface area (Å²) in [6.07, 6.45) is 4.65. The van der Waals surface area contributed by atoms with E-state index in [1.165, 1.54) is 7.11 Å². The highest BCUT2D eigenvalue weighted by Gasteiger charge is 2.52. The monoisotopic (exact) mass is 494 g/mol. The summed E-state index contributed by atoms with van der Waals surface area (Å²) in [4.78, 5) is 15.7. The molecule has 4 heterocycles. The summed E-state index contributed by atoms with van der Waals surface area (Å²) in [5, 5.41) is 0. The minimum atomic E-state index is -3.86. The molecule has 2 aliphatic heterocycles. The highest BCUT2D eigenvalue weighted by Crippen LogP contribution is 2.57. The van der Waals surface area contributed by atoms with Gasteiger partial charge < -0.3 is 15.2 Å². The van der Waals surface area contributed by atoms with E-state index in [0.29, 0.717) is 12.0 Å². The molecule has 2 saturated heterocycles. The zero-order chi connectivity index (χ0) is 24.3. The van der Waals surface area contributed by atoms with Gasteiger partial charge in [-0.05, 0) is 31.5 Å². The fourth-order valence-corrected chi connectivity index (χ4v) is 5.29. The van der Waals surface area contributed by atoms with E-state index in [4.69, 9.17) is 33.5 Å². The Balaban J connectivity index is 1.49. The number of primary amides is 1. The lowest BCUT2D eigenvalue weighted by Gasteiger charge is -2.30. The van der Waals surface area contributed by atoms with E-state index < -0.39 is 44.1 Å². The number of pyridine rings is 2. The average molecular weight is 494 g/mol. The first kappa shape index (κ1) is 24.9. The Labute approximate surface area is 197 Å². The van der Waals surface area contributed by atoms with Crippen molar-refractivity contribution < 1.29 is 41.7 Å². The lowest BCUT2D eigenvalue weighted by atomic mass is 10.1. The van der Waals surface area contributed by atoms with Crippen LogP contribution >= 0.6 is 7.82 Å². The van der Waals surface area contributed by atoms with Crippen molar-refractivity contribution >= 4 is 13.7 Å². The number of methoxy groups -OCH3 is 1. The molecule has 0 aromatic carbocycles. The molecule has 0 bridgehead atoms. The Kier molecular flexibility index (Phi) is 7.44. The maximum absolute atomic E-state index is 13.2. The van der Waals surface area contributed by atoms with Crippen molar-refractivity contribution in [2.75, 3.05) is 20.3 Å². The van der Waals surface area contributed by atoms with Crippen molar-refractivity contribution in [3.05, 3.63) is 60.2 Å². The highest BCUT2D eigenvalue weighted by molar-refractivity contribution is 7.48. The molecule has 5 atom stereocenters. The van der Waals surface area contributed by atoms with Crippen LogP contribution in [0.3, 0.4) is 0 Å². The second kappa shape index (κ2) is 10.2. The van der Waals surface area contributed by atoms with Crippen LogP contribution in [-0.4, -0.2) is 49.2 Å². The van der Waals surface area contributed by atoms with Crippen molar-refractivity contribution in [1.29, 1.82) is 0 Å². The van der Waals surface area contributed by atoms with E-state index in [2.05, 4.69) is 4.98 Å². The first-order valence-electron chi connectivity index (χ1n) is 10.9. The summed E-state index contributed by atoms with van der Waals surface area (Å²) >= 11 is 0. The molecular weight excluding hydrogens is 465 g/mol. The van der Waals surface area contributed by atoms with Crippen molar-refractivity contribution in [3.63, 3.8) is 0 Å². The van der Waals surface area contributed by atoms with Gasteiger partial charge in [-0.2, -0.15) is 4.57 Å². The zero-order valence-electron chi connectivity index (χ0n) is 19.2. The fourth-order valence-electron chi connectivity index (χ4n) is 3.89. The average Bonchev–Trinajstić information content (AvgIpc) is 3.15. The summed E-state index contributed by atoms with van der Waals surface area (Å²) in [5.74, 6) is -1.52. The van der Waals surface area contributed by atoms with Crippen LogP contribution in [0.25, 0.3) is 0 Å². The maximum atomic E-state index is 13.2. The smallest absolute Gasteiger partial charge is 0.376 e. The minimum Gasteiger partial charge on any atom is -0.376 e. The third-order valence-corrected chi connectivity index (χ3v) is 6.99. The lowest BCUT2D eigenvalue weighted by molar-refractivity contribution is -0.763. The van der Waals surface area contributed by atoms with Crippen LogP contribution in [-0.2, 0) is 32.3 Å². The molecule has 4 rings (SSSR count). The van der Waals surface area contributed by atoms with Gasteiger partial charge in [0.2, 0.25) is 0 Å². The van der Waals surface area contributed by atoms with Gasteiger partial charge in [-0.1, -0.05) is 6.07 Å². The summed E-state index contributed by atoms with van der Waals surface area (Å²) < 4.78 is 49.4. The van der Waals surface area contributed by atoms with Crippen molar-refractivity contribution in [2.45, 2.75) is 50.6 Å². The molecule has 11 nitrogen and oxygen atoms in total. The van der Waals surface area contributed by atoms with E-state index in [0.717, 1.165) is 5.56 Å². The Morgan fingerprint density at radius 2 is 2.18 bits per heavy atom. The summed E-state index contributed by atoms with van der Waals surface area (Å²) in [7, 11) is -2.37. The summed E-state index contributed by atoms with van der Waals surface area (Å²) in [6, 6.07) is 6.92. The number of aromatic nitrogens is 2. The Morgan fingerprint density at radius 1 is 1.35 bits per heavy atom. The van der Waals surface area contributed by atoms with Gasteiger partial charge in [0, 0.05) is 32.0 Å². The second-order valence-electron chi connectivity index (χ2n) is 8.41. The predicted molar refractivity (Wildman–Crippen MR) is 117 cm³/mol. The number of phosphoric acid groups is 1. The Morgan fingerprint density at radius 3 is 2.88 bits per heavy atom. The van der Waals surface area contributed by atoms with Gasteiger partial charge in [0.05, 0.1) is 19.3 Å². The third-order valence-electron chi connectivity index (χ3n) is 5.51. The SMILES string of the molecule is COC(COP1(=O)OCCC(c2cccnc2)O1)[C@H]1OC(C)(C)O[C@H]1[n+]1cccc(C(N)=O)c1. The number of phosphoric ester groups is 1. The van der Waals surface area contributed by atoms with E-state index >= 15 is 0 Å². The zero-order valence-corrected chi connectivity index (χ0v) is 20.1. The number of carbonyl (C=O) groups excluding carboxylic acids is 1. The molecule has 2 aromatic heterocycles. The fraction of sp³-hybridized carbons (Fsp3) is 0.500. The first-order valence-corrected chi connectivity index (χ1v) is 12.3. The quantitative estimate of drug-likeness (QED) is 0.434. The Hall–Kier alpha value is -2.24. The van der Waals surface area contributed by atoms with Crippen LogP contribution in [0.4, 0.5) is 0 Å². The molecule has 0 aliphatic carbocycles. The van der Waals surface area contributed by atoms with Gasteiger partial charge in [-0.15, -0.1) is 0 Å². The first-order chi connectivity index (χ1) is 16.2. The van der Waals surface area contributed by atoms with Crippen LogP contribution in [0.5, 0.6) is 0 Å². The van der Waals surface area contributed by atoms with Gasteiger partial charge in [-0.25, -0.2) is 4.57 Å². The predicted octanol–water partition coefficient (Wildman–Crippen LogP) is 2.44. The molecule has 184 valence electrons.